The second-order valence-electron chi connectivity index (χ2n) is 4.90. The maximum atomic E-state index is 11.4. The monoisotopic (exact) mass is 279 g/mol. The van der Waals surface area contributed by atoms with Crippen molar-refractivity contribution in [3.05, 3.63) is 0 Å². The number of nitrogens with two attached hydrogens (primary N) is 1. The lowest BCUT2D eigenvalue weighted by atomic mass is 10.0. The van der Waals surface area contributed by atoms with Gasteiger partial charge in [0, 0.05) is 38.3 Å². The summed E-state index contributed by atoms with van der Waals surface area (Å²) in [6, 6.07) is -0.114. The first-order valence-corrected chi connectivity index (χ1v) is 8.30. The van der Waals surface area contributed by atoms with Crippen molar-refractivity contribution < 1.29 is 13.5 Å². The van der Waals surface area contributed by atoms with Crippen LogP contribution in [-0.4, -0.2) is 73.9 Å². The minimum atomic E-state index is -3.10. The van der Waals surface area contributed by atoms with Gasteiger partial charge in [0.15, 0.2) is 0 Å². The summed E-state index contributed by atoms with van der Waals surface area (Å²) < 4.78 is 24.3. The van der Waals surface area contributed by atoms with E-state index < -0.39 is 10.0 Å². The Labute approximate surface area is 110 Å². The highest BCUT2D eigenvalue weighted by molar-refractivity contribution is 7.88. The molecule has 1 fully saturated rings. The van der Waals surface area contributed by atoms with E-state index in [2.05, 4.69) is 11.8 Å². The lowest BCUT2D eigenvalue weighted by Crippen LogP contribution is -2.57. The molecule has 1 aliphatic heterocycles. The van der Waals surface area contributed by atoms with Crippen molar-refractivity contribution in [2.75, 3.05) is 39.0 Å². The largest absolute Gasteiger partial charge is 0.395 e. The van der Waals surface area contributed by atoms with Crippen molar-refractivity contribution in [3.8, 4) is 0 Å². The average Bonchev–Trinajstić information content (AvgIpc) is 2.30. The highest BCUT2D eigenvalue weighted by atomic mass is 32.2. The standard InChI is InChI=1S/C11H25N3O3S/c1-3-4-10(12)11(9-15)13-5-7-14(8-6-13)18(2,16)17/h10-11,15H,3-9,12H2,1-2H3. The van der Waals surface area contributed by atoms with Crippen molar-refractivity contribution in [2.24, 2.45) is 5.73 Å². The first-order valence-electron chi connectivity index (χ1n) is 6.45. The van der Waals surface area contributed by atoms with Gasteiger partial charge in [0.2, 0.25) is 10.0 Å². The molecule has 6 nitrogen and oxygen atoms in total. The van der Waals surface area contributed by atoms with Gasteiger partial charge in [0.05, 0.1) is 12.9 Å². The Hall–Kier alpha value is -0.210. The van der Waals surface area contributed by atoms with Gasteiger partial charge in [-0.05, 0) is 6.42 Å². The Morgan fingerprint density at radius 3 is 2.22 bits per heavy atom. The highest BCUT2D eigenvalue weighted by Crippen LogP contribution is 2.13. The number of aliphatic hydroxyl groups excluding tert-OH is 1. The number of hydrogen-bond acceptors (Lipinski definition) is 5. The van der Waals surface area contributed by atoms with Gasteiger partial charge in [-0.2, -0.15) is 4.31 Å². The van der Waals surface area contributed by atoms with Gasteiger partial charge < -0.3 is 10.8 Å². The molecule has 3 N–H and O–H groups in total. The summed E-state index contributed by atoms with van der Waals surface area (Å²) in [5.41, 5.74) is 6.06. The molecule has 0 radical (unpaired) electrons. The SMILES string of the molecule is CCCC(N)C(CO)N1CCN(S(C)(=O)=O)CC1. The van der Waals surface area contributed by atoms with Gasteiger partial charge in [0.25, 0.3) is 0 Å². The molecule has 2 unspecified atom stereocenters. The predicted octanol–water partition coefficient (Wildman–Crippen LogP) is -0.948. The zero-order chi connectivity index (χ0) is 13.8. The van der Waals surface area contributed by atoms with Crippen LogP contribution in [0.4, 0.5) is 0 Å². The van der Waals surface area contributed by atoms with Crippen molar-refractivity contribution >= 4 is 10.0 Å². The molecule has 1 saturated heterocycles. The maximum Gasteiger partial charge on any atom is 0.211 e. The molecule has 1 rings (SSSR count). The molecule has 0 aromatic heterocycles. The van der Waals surface area contributed by atoms with Gasteiger partial charge in [-0.15, -0.1) is 0 Å². The van der Waals surface area contributed by atoms with E-state index >= 15 is 0 Å². The Morgan fingerprint density at radius 2 is 1.83 bits per heavy atom. The minimum Gasteiger partial charge on any atom is -0.395 e. The number of sulfonamides is 1. The Bertz CT molecular complexity index is 339. The lowest BCUT2D eigenvalue weighted by Gasteiger charge is -2.39. The summed E-state index contributed by atoms with van der Waals surface area (Å²) in [5, 5.41) is 9.45. The van der Waals surface area contributed by atoms with E-state index in [9.17, 15) is 13.5 Å². The Kier molecular flexibility index (Phi) is 6.00. The second kappa shape index (κ2) is 6.81. The van der Waals surface area contributed by atoms with Gasteiger partial charge in [-0.25, -0.2) is 8.42 Å². The third-order valence-corrected chi connectivity index (χ3v) is 4.82. The summed E-state index contributed by atoms with van der Waals surface area (Å²) in [7, 11) is -3.10. The van der Waals surface area contributed by atoms with E-state index in [4.69, 9.17) is 5.73 Å². The topological polar surface area (TPSA) is 86.9 Å². The molecule has 2 atom stereocenters. The van der Waals surface area contributed by atoms with Crippen LogP contribution in [0.25, 0.3) is 0 Å². The minimum absolute atomic E-state index is 0.0278. The molecule has 1 heterocycles. The molecular formula is C11H25N3O3S. The van der Waals surface area contributed by atoms with Crippen molar-refractivity contribution in [1.29, 1.82) is 0 Å². The van der Waals surface area contributed by atoms with Crippen LogP contribution in [0, 0.1) is 0 Å². The van der Waals surface area contributed by atoms with Crippen LogP contribution in [0.3, 0.4) is 0 Å². The third-order valence-electron chi connectivity index (χ3n) is 3.51. The number of nitrogens with zero attached hydrogens (tertiary/aromatic N) is 2. The molecule has 0 aromatic rings. The molecular weight excluding hydrogens is 254 g/mol. The summed E-state index contributed by atoms with van der Waals surface area (Å²) in [4.78, 5) is 2.10. The predicted molar refractivity (Wildman–Crippen MR) is 71.7 cm³/mol. The molecule has 0 amide bonds. The van der Waals surface area contributed by atoms with Crippen LogP contribution in [0.1, 0.15) is 19.8 Å². The fraction of sp³-hybridized carbons (Fsp3) is 1.00. The van der Waals surface area contributed by atoms with Crippen LogP contribution >= 0.6 is 0 Å². The molecule has 0 saturated carbocycles. The summed E-state index contributed by atoms with van der Waals surface area (Å²) >= 11 is 0. The molecule has 0 aromatic carbocycles. The van der Waals surface area contributed by atoms with Crippen LogP contribution in [0.2, 0.25) is 0 Å². The Morgan fingerprint density at radius 1 is 1.28 bits per heavy atom. The van der Waals surface area contributed by atoms with E-state index in [1.54, 1.807) is 0 Å². The molecule has 0 aliphatic carbocycles. The van der Waals surface area contributed by atoms with E-state index in [0.29, 0.717) is 26.2 Å². The van der Waals surface area contributed by atoms with Crippen LogP contribution in [0.15, 0.2) is 0 Å². The van der Waals surface area contributed by atoms with Crippen molar-refractivity contribution in [3.63, 3.8) is 0 Å². The molecule has 0 spiro atoms. The zero-order valence-corrected chi connectivity index (χ0v) is 12.1. The van der Waals surface area contributed by atoms with Gasteiger partial charge in [0.1, 0.15) is 0 Å². The number of piperazine rings is 1. The summed E-state index contributed by atoms with van der Waals surface area (Å²) in [5.74, 6) is 0. The average molecular weight is 279 g/mol. The van der Waals surface area contributed by atoms with Crippen LogP contribution < -0.4 is 5.73 Å². The van der Waals surface area contributed by atoms with E-state index in [1.807, 2.05) is 0 Å². The van der Waals surface area contributed by atoms with Gasteiger partial charge >= 0.3 is 0 Å². The molecule has 1 aliphatic rings. The highest BCUT2D eigenvalue weighted by Gasteiger charge is 2.29. The van der Waals surface area contributed by atoms with Crippen molar-refractivity contribution in [1.82, 2.24) is 9.21 Å². The van der Waals surface area contributed by atoms with E-state index in [0.717, 1.165) is 12.8 Å². The second-order valence-corrected chi connectivity index (χ2v) is 6.88. The third kappa shape index (κ3) is 4.17. The number of rotatable bonds is 6. The zero-order valence-electron chi connectivity index (χ0n) is 11.2. The molecule has 18 heavy (non-hydrogen) atoms. The summed E-state index contributed by atoms with van der Waals surface area (Å²) in [6.07, 6.45) is 3.09. The van der Waals surface area contributed by atoms with Gasteiger partial charge in [-0.3, -0.25) is 4.90 Å². The van der Waals surface area contributed by atoms with Crippen LogP contribution in [0.5, 0.6) is 0 Å². The Balaban J connectivity index is 2.55. The van der Waals surface area contributed by atoms with E-state index in [1.165, 1.54) is 10.6 Å². The maximum absolute atomic E-state index is 11.4. The van der Waals surface area contributed by atoms with Gasteiger partial charge in [-0.1, -0.05) is 13.3 Å². The fourth-order valence-corrected chi connectivity index (χ4v) is 3.24. The smallest absolute Gasteiger partial charge is 0.211 e. The normalized spacial score (nSPS) is 22.9. The molecule has 108 valence electrons. The van der Waals surface area contributed by atoms with Crippen molar-refractivity contribution in [2.45, 2.75) is 31.8 Å². The summed E-state index contributed by atoms with van der Waals surface area (Å²) in [6.45, 7) is 4.32. The molecule has 0 bridgehead atoms. The first-order chi connectivity index (χ1) is 8.40. The fourth-order valence-electron chi connectivity index (χ4n) is 2.41. The van der Waals surface area contributed by atoms with Crippen LogP contribution in [-0.2, 0) is 10.0 Å². The number of hydrogen-bond donors (Lipinski definition) is 2. The number of aliphatic hydroxyl groups is 1. The quantitative estimate of drug-likeness (QED) is 0.655. The first kappa shape index (κ1) is 15.8. The molecule has 7 heteroatoms. The van der Waals surface area contributed by atoms with E-state index in [-0.39, 0.29) is 18.7 Å². The lowest BCUT2D eigenvalue weighted by molar-refractivity contribution is 0.0734.